The first-order valence-corrected chi connectivity index (χ1v) is 9.49. The molecule has 0 atom stereocenters. The van der Waals surface area contributed by atoms with E-state index in [9.17, 15) is 9.59 Å². The predicted octanol–water partition coefficient (Wildman–Crippen LogP) is 2.64. The van der Waals surface area contributed by atoms with Crippen LogP contribution in [0.25, 0.3) is 0 Å². The third-order valence-electron chi connectivity index (χ3n) is 4.75. The maximum absolute atomic E-state index is 12.4. The Bertz CT molecular complexity index is 761. The molecule has 3 rings (SSSR count). The summed E-state index contributed by atoms with van der Waals surface area (Å²) < 4.78 is 8.41. The van der Waals surface area contributed by atoms with Gasteiger partial charge in [0.1, 0.15) is 11.4 Å². The van der Waals surface area contributed by atoms with Gasteiger partial charge >= 0.3 is 5.97 Å². The third kappa shape index (κ3) is 5.58. The number of nitrogens with zero attached hydrogens (tertiary/aromatic N) is 4. The smallest absolute Gasteiger partial charge is 0.317 e. The van der Waals surface area contributed by atoms with Gasteiger partial charge in [0.15, 0.2) is 0 Å². The molecule has 2 aliphatic heterocycles. The first-order chi connectivity index (χ1) is 12.6. The maximum Gasteiger partial charge on any atom is 0.317 e. The van der Waals surface area contributed by atoms with Crippen molar-refractivity contribution in [2.45, 2.75) is 25.8 Å². The van der Waals surface area contributed by atoms with Gasteiger partial charge in [-0.15, -0.1) is 12.4 Å². The number of benzene rings is 1. The van der Waals surface area contributed by atoms with Crippen LogP contribution in [0, 0.1) is 0 Å². The SMILES string of the molecule is CCN(CC(=O)O)C1CCN(CC(=O)Nc2cccc3c2N=S=N3)CC1.Cl. The number of amides is 1. The quantitative estimate of drug-likeness (QED) is 0.727. The minimum Gasteiger partial charge on any atom is -0.480 e. The van der Waals surface area contributed by atoms with Crippen molar-refractivity contribution in [1.82, 2.24) is 9.80 Å². The molecule has 2 aliphatic rings. The number of carbonyl (C=O) groups excluding carboxylic acids is 1. The van der Waals surface area contributed by atoms with Crippen LogP contribution in [0.1, 0.15) is 19.8 Å². The molecule has 0 radical (unpaired) electrons. The summed E-state index contributed by atoms with van der Waals surface area (Å²) in [5, 5.41) is 11.9. The van der Waals surface area contributed by atoms with Crippen LogP contribution in [-0.2, 0) is 20.9 Å². The van der Waals surface area contributed by atoms with E-state index < -0.39 is 5.97 Å². The van der Waals surface area contributed by atoms with Crippen LogP contribution < -0.4 is 5.32 Å². The Morgan fingerprint density at radius 1 is 1.33 bits per heavy atom. The molecule has 0 aliphatic carbocycles. The number of aliphatic carboxylic acids is 1. The van der Waals surface area contributed by atoms with E-state index in [0.717, 1.165) is 55.2 Å². The van der Waals surface area contributed by atoms with E-state index in [1.54, 1.807) is 0 Å². The fraction of sp³-hybridized carbons (Fsp3) is 0.529. The molecule has 1 amide bonds. The second-order valence-corrected chi connectivity index (χ2v) is 6.98. The molecule has 0 unspecified atom stereocenters. The zero-order valence-electron chi connectivity index (χ0n) is 15.1. The van der Waals surface area contributed by atoms with Crippen molar-refractivity contribution >= 4 is 52.7 Å². The number of carboxylic acids is 1. The first-order valence-electron chi connectivity index (χ1n) is 8.76. The van der Waals surface area contributed by atoms with Crippen molar-refractivity contribution in [3.8, 4) is 0 Å². The highest BCUT2D eigenvalue weighted by atomic mass is 35.5. The number of likely N-dealkylation sites (tertiary alicyclic amines) is 1. The lowest BCUT2D eigenvalue weighted by atomic mass is 10.0. The Kier molecular flexibility index (Phi) is 7.91. The zero-order valence-corrected chi connectivity index (χ0v) is 16.8. The van der Waals surface area contributed by atoms with Crippen LogP contribution in [0.5, 0.6) is 0 Å². The van der Waals surface area contributed by atoms with E-state index in [-0.39, 0.29) is 30.9 Å². The number of likely N-dealkylation sites (N-methyl/N-ethyl adjacent to an activating group) is 1. The number of nitrogens with one attached hydrogen (secondary N) is 1. The molecule has 2 heterocycles. The molecular formula is C17H24ClN5O3S. The average Bonchev–Trinajstić information content (AvgIpc) is 3.10. The van der Waals surface area contributed by atoms with Gasteiger partial charge in [-0.2, -0.15) is 8.73 Å². The molecule has 1 aromatic carbocycles. The molecule has 10 heteroatoms. The molecule has 27 heavy (non-hydrogen) atoms. The van der Waals surface area contributed by atoms with E-state index in [1.165, 1.54) is 0 Å². The van der Waals surface area contributed by atoms with Gasteiger partial charge in [0.05, 0.1) is 30.1 Å². The first kappa shape index (κ1) is 21.5. The summed E-state index contributed by atoms with van der Waals surface area (Å²) in [5.74, 6) is -0.860. The predicted molar refractivity (Wildman–Crippen MR) is 108 cm³/mol. The Hall–Kier alpha value is -1.81. The van der Waals surface area contributed by atoms with Gasteiger partial charge in [0.2, 0.25) is 5.91 Å². The molecule has 0 bridgehead atoms. The summed E-state index contributed by atoms with van der Waals surface area (Å²) in [6.45, 7) is 4.69. The number of fused-ring (bicyclic) bond motifs is 1. The highest BCUT2D eigenvalue weighted by Crippen LogP contribution is 2.38. The molecule has 2 N–H and O–H groups in total. The third-order valence-corrected chi connectivity index (χ3v) is 5.29. The summed E-state index contributed by atoms with van der Waals surface area (Å²) in [6, 6.07) is 5.83. The summed E-state index contributed by atoms with van der Waals surface area (Å²) in [6.07, 6.45) is 1.75. The lowest BCUT2D eigenvalue weighted by Gasteiger charge is -2.37. The van der Waals surface area contributed by atoms with E-state index in [4.69, 9.17) is 5.11 Å². The second-order valence-electron chi connectivity index (χ2n) is 6.45. The normalized spacial score (nSPS) is 16.5. The Morgan fingerprint density at radius 2 is 2.07 bits per heavy atom. The Labute approximate surface area is 168 Å². The number of hydrogen-bond donors (Lipinski definition) is 2. The van der Waals surface area contributed by atoms with Crippen molar-refractivity contribution < 1.29 is 14.7 Å². The number of carbonyl (C=O) groups is 2. The largest absolute Gasteiger partial charge is 0.480 e. The van der Waals surface area contributed by atoms with Crippen LogP contribution in [0.2, 0.25) is 0 Å². The molecule has 1 aromatic rings. The lowest BCUT2D eigenvalue weighted by Crippen LogP contribution is -2.48. The second kappa shape index (κ2) is 9.93. The van der Waals surface area contributed by atoms with Crippen LogP contribution in [-0.4, -0.2) is 65.5 Å². The fourth-order valence-electron chi connectivity index (χ4n) is 3.42. The Morgan fingerprint density at radius 3 is 2.74 bits per heavy atom. The highest BCUT2D eigenvalue weighted by molar-refractivity contribution is 7.58. The van der Waals surface area contributed by atoms with E-state index in [0.29, 0.717) is 12.2 Å². The van der Waals surface area contributed by atoms with Gasteiger partial charge in [0, 0.05) is 19.1 Å². The molecular weight excluding hydrogens is 390 g/mol. The van der Waals surface area contributed by atoms with Crippen molar-refractivity contribution in [2.75, 3.05) is 38.0 Å². The number of rotatable bonds is 7. The van der Waals surface area contributed by atoms with E-state index >= 15 is 0 Å². The molecule has 0 spiro atoms. The Balaban J connectivity index is 0.00000261. The zero-order chi connectivity index (χ0) is 18.5. The van der Waals surface area contributed by atoms with Gasteiger partial charge < -0.3 is 10.4 Å². The number of hydrogen-bond acceptors (Lipinski definition) is 6. The maximum atomic E-state index is 12.4. The summed E-state index contributed by atoms with van der Waals surface area (Å²) in [4.78, 5) is 27.4. The fourth-order valence-corrected chi connectivity index (χ4v) is 3.96. The number of halogens is 1. The van der Waals surface area contributed by atoms with Gasteiger partial charge in [-0.1, -0.05) is 13.0 Å². The van der Waals surface area contributed by atoms with Gasteiger partial charge in [0.25, 0.3) is 0 Å². The standard InChI is InChI=1S/C17H23N5O3S.ClH/c1-2-22(11-16(24)25)12-6-8-21(9-7-12)10-15(23)18-13-4-3-5-14-17(13)20-26-19-14;/h3-5,12H,2,6-11H2,1H3,(H,18,23)(H,24,25);1H. The molecule has 1 saturated heterocycles. The molecule has 0 aromatic heterocycles. The number of carboxylic acid groups (broad SMARTS) is 1. The monoisotopic (exact) mass is 413 g/mol. The molecule has 0 saturated carbocycles. The van der Waals surface area contributed by atoms with Crippen LogP contribution in [0.3, 0.4) is 0 Å². The van der Waals surface area contributed by atoms with Crippen LogP contribution in [0.4, 0.5) is 17.1 Å². The van der Waals surface area contributed by atoms with Crippen molar-refractivity contribution in [3.63, 3.8) is 0 Å². The lowest BCUT2D eigenvalue weighted by molar-refractivity contribution is -0.139. The van der Waals surface area contributed by atoms with E-state index in [2.05, 4.69) is 18.9 Å². The molecule has 148 valence electrons. The van der Waals surface area contributed by atoms with Gasteiger partial charge in [-0.25, -0.2) is 0 Å². The molecule has 1 fully saturated rings. The van der Waals surface area contributed by atoms with Crippen molar-refractivity contribution in [1.29, 1.82) is 0 Å². The average molecular weight is 414 g/mol. The van der Waals surface area contributed by atoms with Gasteiger partial charge in [-0.05, 0) is 31.5 Å². The van der Waals surface area contributed by atoms with Crippen molar-refractivity contribution in [3.05, 3.63) is 18.2 Å². The minimum absolute atomic E-state index is 0. The minimum atomic E-state index is -0.792. The van der Waals surface area contributed by atoms with Crippen LogP contribution >= 0.6 is 12.4 Å². The molecule has 8 nitrogen and oxygen atoms in total. The van der Waals surface area contributed by atoms with E-state index in [1.807, 2.05) is 30.0 Å². The summed E-state index contributed by atoms with van der Waals surface area (Å²) >= 11 is 1.13. The summed E-state index contributed by atoms with van der Waals surface area (Å²) in [5.41, 5.74) is 2.19. The van der Waals surface area contributed by atoms with Crippen LogP contribution in [0.15, 0.2) is 26.9 Å². The highest BCUT2D eigenvalue weighted by Gasteiger charge is 2.26. The summed E-state index contributed by atoms with van der Waals surface area (Å²) in [7, 11) is 0. The van der Waals surface area contributed by atoms with Gasteiger partial charge in [-0.3, -0.25) is 19.4 Å². The number of anilines is 1. The number of piperidine rings is 1. The van der Waals surface area contributed by atoms with Crippen molar-refractivity contribution in [2.24, 2.45) is 8.73 Å². The topological polar surface area (TPSA) is 97.6 Å².